The largest absolute Gasteiger partial charge is 0.469 e. The lowest BCUT2D eigenvalue weighted by atomic mass is 10.1. The van der Waals surface area contributed by atoms with Crippen LogP contribution in [0.15, 0.2) is 24.3 Å². The summed E-state index contributed by atoms with van der Waals surface area (Å²) in [7, 11) is 1.39. The lowest BCUT2D eigenvalue weighted by molar-refractivity contribution is -0.140. The Hall–Kier alpha value is -2.35. The number of nitrogens with one attached hydrogen (secondary N) is 1. The van der Waals surface area contributed by atoms with Crippen LogP contribution in [0.5, 0.6) is 0 Å². The van der Waals surface area contributed by atoms with Gasteiger partial charge in [-0.05, 0) is 37.1 Å². The first-order chi connectivity index (χ1) is 10.2. The minimum Gasteiger partial charge on any atom is -0.469 e. The third-order valence-corrected chi connectivity index (χ3v) is 3.10. The van der Waals surface area contributed by atoms with Gasteiger partial charge in [0.15, 0.2) is 0 Å². The van der Waals surface area contributed by atoms with Gasteiger partial charge in [-0.1, -0.05) is 12.8 Å². The molecule has 0 atom stereocenters. The quantitative estimate of drug-likeness (QED) is 0.588. The van der Waals surface area contributed by atoms with E-state index in [2.05, 4.69) is 10.1 Å². The van der Waals surface area contributed by atoms with Crippen molar-refractivity contribution in [3.8, 4) is 6.07 Å². The normalized spacial score (nSPS) is 9.71. The highest BCUT2D eigenvalue weighted by atomic mass is 16.5. The van der Waals surface area contributed by atoms with E-state index in [1.807, 2.05) is 6.07 Å². The molecule has 0 aliphatic heterocycles. The number of carbonyl (C=O) groups is 2. The van der Waals surface area contributed by atoms with Gasteiger partial charge in [0.25, 0.3) is 5.91 Å². The molecule has 0 radical (unpaired) electrons. The highest BCUT2D eigenvalue weighted by molar-refractivity contribution is 5.94. The molecule has 5 nitrogen and oxygen atoms in total. The van der Waals surface area contributed by atoms with Gasteiger partial charge in [-0.3, -0.25) is 9.59 Å². The first kappa shape index (κ1) is 16.7. The predicted octanol–water partition coefficient (Wildman–Crippen LogP) is 2.41. The van der Waals surface area contributed by atoms with E-state index in [1.54, 1.807) is 24.3 Å². The van der Waals surface area contributed by atoms with Crippen molar-refractivity contribution in [2.24, 2.45) is 0 Å². The number of hydrogen-bond donors (Lipinski definition) is 1. The van der Waals surface area contributed by atoms with Crippen molar-refractivity contribution in [3.05, 3.63) is 35.4 Å². The number of hydrogen-bond acceptors (Lipinski definition) is 4. The summed E-state index contributed by atoms with van der Waals surface area (Å²) in [5.74, 6) is -0.307. The van der Waals surface area contributed by atoms with Crippen LogP contribution >= 0.6 is 0 Å². The van der Waals surface area contributed by atoms with E-state index in [4.69, 9.17) is 5.26 Å². The molecule has 112 valence electrons. The van der Waals surface area contributed by atoms with E-state index in [-0.39, 0.29) is 11.9 Å². The Bertz CT molecular complexity index is 503. The molecule has 21 heavy (non-hydrogen) atoms. The molecular formula is C16H20N2O3. The molecule has 0 saturated carbocycles. The summed E-state index contributed by atoms with van der Waals surface area (Å²) in [5.41, 5.74) is 1.09. The minimum atomic E-state index is -0.177. The van der Waals surface area contributed by atoms with Crippen molar-refractivity contribution in [1.29, 1.82) is 5.26 Å². The number of nitriles is 1. The zero-order chi connectivity index (χ0) is 15.5. The van der Waals surface area contributed by atoms with Gasteiger partial charge in [-0.2, -0.15) is 5.26 Å². The van der Waals surface area contributed by atoms with Crippen LogP contribution in [0.3, 0.4) is 0 Å². The third kappa shape index (κ3) is 6.57. The molecule has 0 aliphatic carbocycles. The first-order valence-electron chi connectivity index (χ1n) is 7.02. The molecule has 1 rings (SSSR count). The summed E-state index contributed by atoms with van der Waals surface area (Å²) in [4.78, 5) is 22.7. The molecule has 1 N–H and O–H groups in total. The summed E-state index contributed by atoms with van der Waals surface area (Å²) < 4.78 is 4.56. The van der Waals surface area contributed by atoms with Crippen LogP contribution in [0.1, 0.15) is 48.0 Å². The molecule has 0 saturated heterocycles. The number of methoxy groups -OCH3 is 1. The Labute approximate surface area is 124 Å². The Morgan fingerprint density at radius 2 is 1.81 bits per heavy atom. The molecule has 0 fully saturated rings. The Kier molecular flexibility index (Phi) is 7.59. The van der Waals surface area contributed by atoms with Gasteiger partial charge in [0, 0.05) is 18.5 Å². The standard InChI is InChI=1S/C16H20N2O3/c1-21-15(19)6-4-2-3-5-11-18-16(20)14-9-7-13(12-17)8-10-14/h7-10H,2-6,11H2,1H3,(H,18,20). The third-order valence-electron chi connectivity index (χ3n) is 3.10. The van der Waals surface area contributed by atoms with Gasteiger partial charge in [0.1, 0.15) is 0 Å². The molecule has 0 aliphatic rings. The Morgan fingerprint density at radius 1 is 1.14 bits per heavy atom. The molecule has 0 aromatic heterocycles. The summed E-state index contributed by atoms with van der Waals surface area (Å²) in [5, 5.41) is 11.5. The van der Waals surface area contributed by atoms with Crippen molar-refractivity contribution in [2.75, 3.05) is 13.7 Å². The maximum Gasteiger partial charge on any atom is 0.305 e. The Morgan fingerprint density at radius 3 is 2.43 bits per heavy atom. The van der Waals surface area contributed by atoms with Gasteiger partial charge >= 0.3 is 5.97 Å². The number of nitrogens with zero attached hydrogens (tertiary/aromatic N) is 1. The molecule has 1 amide bonds. The average molecular weight is 288 g/mol. The second-order valence-corrected chi connectivity index (χ2v) is 4.69. The SMILES string of the molecule is COC(=O)CCCCCCNC(=O)c1ccc(C#N)cc1. The van der Waals surface area contributed by atoms with Crippen molar-refractivity contribution < 1.29 is 14.3 Å². The highest BCUT2D eigenvalue weighted by Gasteiger charge is 2.04. The molecule has 5 heteroatoms. The smallest absolute Gasteiger partial charge is 0.305 e. The number of unbranched alkanes of at least 4 members (excludes halogenated alkanes) is 3. The molecule has 0 unspecified atom stereocenters. The fraction of sp³-hybridized carbons (Fsp3) is 0.438. The van der Waals surface area contributed by atoms with Gasteiger partial charge < -0.3 is 10.1 Å². The molecule has 1 aromatic carbocycles. The summed E-state index contributed by atoms with van der Waals surface area (Å²) in [6.07, 6.45) is 4.06. The monoisotopic (exact) mass is 288 g/mol. The molecule has 1 aromatic rings. The molecule has 0 spiro atoms. The van der Waals surface area contributed by atoms with Crippen LogP contribution in [0.4, 0.5) is 0 Å². The predicted molar refractivity (Wildman–Crippen MR) is 78.6 cm³/mol. The van der Waals surface area contributed by atoms with Crippen molar-refractivity contribution in [3.63, 3.8) is 0 Å². The topological polar surface area (TPSA) is 79.2 Å². The molecule has 0 heterocycles. The molecule has 0 bridgehead atoms. The number of amides is 1. The van der Waals surface area contributed by atoms with Crippen LogP contribution in [0, 0.1) is 11.3 Å². The van der Waals surface area contributed by atoms with Gasteiger partial charge in [0.2, 0.25) is 0 Å². The zero-order valence-electron chi connectivity index (χ0n) is 12.2. The van der Waals surface area contributed by atoms with E-state index in [9.17, 15) is 9.59 Å². The van der Waals surface area contributed by atoms with E-state index in [1.165, 1.54) is 7.11 Å². The number of carbonyl (C=O) groups excluding carboxylic acids is 2. The number of benzene rings is 1. The van der Waals surface area contributed by atoms with Crippen molar-refractivity contribution in [2.45, 2.75) is 32.1 Å². The number of rotatable bonds is 8. The van der Waals surface area contributed by atoms with Crippen molar-refractivity contribution >= 4 is 11.9 Å². The first-order valence-corrected chi connectivity index (χ1v) is 7.02. The fourth-order valence-corrected chi connectivity index (χ4v) is 1.85. The fourth-order valence-electron chi connectivity index (χ4n) is 1.85. The lowest BCUT2D eigenvalue weighted by Crippen LogP contribution is -2.24. The van der Waals surface area contributed by atoms with Crippen LogP contribution in [0.2, 0.25) is 0 Å². The summed E-state index contributed by atoms with van der Waals surface area (Å²) in [6, 6.07) is 8.55. The summed E-state index contributed by atoms with van der Waals surface area (Å²) in [6.45, 7) is 0.608. The van der Waals surface area contributed by atoms with Crippen LogP contribution in [-0.4, -0.2) is 25.5 Å². The van der Waals surface area contributed by atoms with E-state index < -0.39 is 0 Å². The van der Waals surface area contributed by atoms with Gasteiger partial charge in [0.05, 0.1) is 18.7 Å². The van der Waals surface area contributed by atoms with E-state index in [0.717, 1.165) is 25.7 Å². The second kappa shape index (κ2) is 9.54. The minimum absolute atomic E-state index is 0.131. The maximum absolute atomic E-state index is 11.8. The van der Waals surface area contributed by atoms with Crippen LogP contribution < -0.4 is 5.32 Å². The number of esters is 1. The van der Waals surface area contributed by atoms with Gasteiger partial charge in [-0.25, -0.2) is 0 Å². The summed E-state index contributed by atoms with van der Waals surface area (Å²) >= 11 is 0. The average Bonchev–Trinajstić information content (AvgIpc) is 2.53. The second-order valence-electron chi connectivity index (χ2n) is 4.69. The van der Waals surface area contributed by atoms with Crippen LogP contribution in [-0.2, 0) is 9.53 Å². The highest BCUT2D eigenvalue weighted by Crippen LogP contribution is 2.05. The van der Waals surface area contributed by atoms with Crippen LogP contribution in [0.25, 0.3) is 0 Å². The molecular weight excluding hydrogens is 268 g/mol. The number of ether oxygens (including phenoxy) is 1. The lowest BCUT2D eigenvalue weighted by Gasteiger charge is -2.05. The van der Waals surface area contributed by atoms with Crippen molar-refractivity contribution in [1.82, 2.24) is 5.32 Å². The Balaban J connectivity index is 2.13. The van der Waals surface area contributed by atoms with E-state index in [0.29, 0.717) is 24.1 Å². The maximum atomic E-state index is 11.8. The van der Waals surface area contributed by atoms with Gasteiger partial charge in [-0.15, -0.1) is 0 Å². The zero-order valence-corrected chi connectivity index (χ0v) is 12.2. The van der Waals surface area contributed by atoms with E-state index >= 15 is 0 Å².